The molecule has 2 aliphatic rings. The molecule has 2 aromatic rings. The van der Waals surface area contributed by atoms with Crippen LogP contribution in [0.3, 0.4) is 0 Å². The van der Waals surface area contributed by atoms with Gasteiger partial charge in [0.25, 0.3) is 0 Å². The molecule has 0 spiro atoms. The zero-order chi connectivity index (χ0) is 31.9. The molecule has 0 radical (unpaired) electrons. The van der Waals surface area contributed by atoms with Crippen molar-refractivity contribution >= 4 is 39.4 Å². The number of alkyl halides is 3. The van der Waals surface area contributed by atoms with Crippen molar-refractivity contribution in [2.24, 2.45) is 10.7 Å². The van der Waals surface area contributed by atoms with E-state index < -0.39 is 51.9 Å². The number of carbonyl (C=O) groups is 1. The minimum absolute atomic E-state index is 0.174. The van der Waals surface area contributed by atoms with Crippen LogP contribution in [0.5, 0.6) is 5.75 Å². The molecule has 1 saturated heterocycles. The summed E-state index contributed by atoms with van der Waals surface area (Å²) in [7, 11) is -4.57. The molecule has 0 aromatic heterocycles. The lowest BCUT2D eigenvalue weighted by molar-refractivity contribution is -0.139. The molecule has 0 bridgehead atoms. The summed E-state index contributed by atoms with van der Waals surface area (Å²) in [5.41, 5.74) is 4.99. The highest BCUT2D eigenvalue weighted by Gasteiger charge is 2.37. The Morgan fingerprint density at radius 3 is 2.59 bits per heavy atom. The maximum Gasteiger partial charge on any atom is 0.420 e. The van der Waals surface area contributed by atoms with Gasteiger partial charge in [0.2, 0.25) is 10.0 Å². The number of sulfonamides is 1. The van der Waals surface area contributed by atoms with Crippen LogP contribution in [0, 0.1) is 5.41 Å². The Kier molecular flexibility index (Phi) is 10.6. The number of hydrogen-bond acceptors (Lipinski definition) is 7. The molecule has 2 heterocycles. The van der Waals surface area contributed by atoms with E-state index in [0.717, 1.165) is 44.1 Å². The Morgan fingerprint density at radius 1 is 1.16 bits per heavy atom. The van der Waals surface area contributed by atoms with Crippen molar-refractivity contribution in [3.8, 4) is 5.75 Å². The minimum atomic E-state index is -4.87. The van der Waals surface area contributed by atoms with E-state index >= 15 is 0 Å². The summed E-state index contributed by atoms with van der Waals surface area (Å²) in [5.74, 6) is -2.51. The lowest BCUT2D eigenvalue weighted by Gasteiger charge is -2.34. The van der Waals surface area contributed by atoms with Gasteiger partial charge < -0.3 is 20.5 Å². The Morgan fingerprint density at radius 2 is 1.91 bits per heavy atom. The second-order valence-electron chi connectivity index (χ2n) is 10.7. The number of ether oxygens (including phenoxy) is 1. The molecule has 0 amide bonds. The first-order chi connectivity index (χ1) is 20.8. The van der Waals surface area contributed by atoms with E-state index in [0.29, 0.717) is 47.4 Å². The van der Waals surface area contributed by atoms with Crippen LogP contribution in [0.2, 0.25) is 0 Å². The number of carboxylic acid groups (broad SMARTS) is 1. The van der Waals surface area contributed by atoms with Gasteiger partial charge in [-0.2, -0.15) is 13.2 Å². The largest absolute Gasteiger partial charge is 0.490 e. The van der Waals surface area contributed by atoms with Gasteiger partial charge in [-0.1, -0.05) is 36.8 Å². The first-order valence-corrected chi connectivity index (χ1v) is 15.9. The molecule has 1 fully saturated rings. The van der Waals surface area contributed by atoms with Crippen molar-refractivity contribution < 1.29 is 36.2 Å². The van der Waals surface area contributed by atoms with Crippen LogP contribution in [0.1, 0.15) is 55.2 Å². The standard InChI is InChI=1S/C30H36F3N5O5S/c31-30(32,33)25-19-23(10-11-26(25)43-24-12-16-37(17-13-24)27-9-2-1-3-14-36-27)38(44(41,42)20-28(39)40)15-5-7-21-6-4-8-22(18-21)29(34)35/h4-8,10-11,18-19,24H,1-3,9,12-17,20H2,(H3,34,35)(H,39,40). The van der Waals surface area contributed by atoms with Gasteiger partial charge in [0.1, 0.15) is 17.7 Å². The van der Waals surface area contributed by atoms with E-state index in [1.807, 2.05) is 0 Å². The van der Waals surface area contributed by atoms with E-state index in [2.05, 4.69) is 9.89 Å². The monoisotopic (exact) mass is 635 g/mol. The van der Waals surface area contributed by atoms with Crippen LogP contribution in [-0.4, -0.2) is 74.1 Å². The fourth-order valence-corrected chi connectivity index (χ4v) is 6.45. The van der Waals surface area contributed by atoms with Crippen molar-refractivity contribution in [3.63, 3.8) is 0 Å². The molecule has 14 heteroatoms. The van der Waals surface area contributed by atoms with E-state index in [9.17, 15) is 31.5 Å². The van der Waals surface area contributed by atoms with Gasteiger partial charge >= 0.3 is 12.1 Å². The number of nitrogens with one attached hydrogen (secondary N) is 1. The van der Waals surface area contributed by atoms with Gasteiger partial charge in [-0.15, -0.1) is 0 Å². The summed E-state index contributed by atoms with van der Waals surface area (Å²) in [5, 5.41) is 16.8. The van der Waals surface area contributed by atoms with Gasteiger partial charge in [0, 0.05) is 44.5 Å². The molecule has 4 N–H and O–H groups in total. The number of amidine groups is 2. The number of aliphatic imine (C=N–C) groups is 1. The van der Waals surface area contributed by atoms with Crippen LogP contribution in [0.25, 0.3) is 6.08 Å². The number of likely N-dealkylation sites (tertiary alicyclic amines) is 1. The summed E-state index contributed by atoms with van der Waals surface area (Å²) < 4.78 is 75.3. The molecule has 2 aliphatic heterocycles. The Balaban J connectivity index is 1.56. The number of aliphatic carboxylic acids is 1. The van der Waals surface area contributed by atoms with E-state index in [1.165, 1.54) is 18.2 Å². The molecular weight excluding hydrogens is 599 g/mol. The Labute approximate surface area is 254 Å². The highest BCUT2D eigenvalue weighted by molar-refractivity contribution is 7.93. The van der Waals surface area contributed by atoms with Crippen LogP contribution < -0.4 is 14.8 Å². The lowest BCUT2D eigenvalue weighted by Crippen LogP contribution is -2.42. The van der Waals surface area contributed by atoms with Gasteiger partial charge in [-0.05, 0) is 42.7 Å². The quantitative estimate of drug-likeness (QED) is 0.252. The summed E-state index contributed by atoms with van der Waals surface area (Å²) >= 11 is 0. The number of piperidine rings is 1. The average Bonchev–Trinajstić information content (AvgIpc) is 3.25. The van der Waals surface area contributed by atoms with Gasteiger partial charge in [0.05, 0.1) is 23.6 Å². The molecule has 44 heavy (non-hydrogen) atoms. The normalized spacial score (nSPS) is 16.8. The third-order valence-corrected chi connectivity index (χ3v) is 9.07. The van der Waals surface area contributed by atoms with Crippen molar-refractivity contribution in [2.45, 2.75) is 50.8 Å². The third kappa shape index (κ3) is 8.74. The SMILES string of the molecule is N=C(N)c1cccc(C=CCN(c2ccc(OC3CCN(C4=NCCCCC4)CC3)c(C(F)(F)F)c2)S(=O)(=O)CC(=O)O)c1. The topological polar surface area (TPSA) is 149 Å². The zero-order valence-electron chi connectivity index (χ0n) is 24.1. The number of anilines is 1. The number of rotatable bonds is 10. The molecule has 238 valence electrons. The van der Waals surface area contributed by atoms with Crippen molar-refractivity contribution in [3.05, 3.63) is 65.2 Å². The van der Waals surface area contributed by atoms with Crippen LogP contribution in [0.15, 0.2) is 53.5 Å². The summed E-state index contributed by atoms with van der Waals surface area (Å²) in [6.07, 6.45) is 2.71. The van der Waals surface area contributed by atoms with E-state index in [-0.39, 0.29) is 11.5 Å². The van der Waals surface area contributed by atoms with E-state index in [4.69, 9.17) is 15.9 Å². The summed E-state index contributed by atoms with van der Waals surface area (Å²) in [6, 6.07) is 9.44. The van der Waals surface area contributed by atoms with Crippen molar-refractivity contribution in [2.75, 3.05) is 36.2 Å². The number of nitrogens with zero attached hydrogens (tertiary/aromatic N) is 3. The third-order valence-electron chi connectivity index (χ3n) is 7.43. The fourth-order valence-electron chi connectivity index (χ4n) is 5.23. The van der Waals surface area contributed by atoms with Gasteiger partial charge in [0.15, 0.2) is 5.75 Å². The number of hydrogen-bond donors (Lipinski definition) is 3. The number of carboxylic acids is 1. The smallest absolute Gasteiger partial charge is 0.420 e. The van der Waals surface area contributed by atoms with Crippen LogP contribution in [0.4, 0.5) is 18.9 Å². The first-order valence-electron chi connectivity index (χ1n) is 14.3. The fraction of sp³-hybridized carbons (Fsp3) is 0.433. The predicted molar refractivity (Wildman–Crippen MR) is 163 cm³/mol. The minimum Gasteiger partial charge on any atom is -0.490 e. The van der Waals surface area contributed by atoms with Gasteiger partial charge in [-0.25, -0.2) is 8.42 Å². The average molecular weight is 636 g/mol. The zero-order valence-corrected chi connectivity index (χ0v) is 24.9. The Hall–Kier alpha value is -4.07. The van der Waals surface area contributed by atoms with Gasteiger partial charge in [-0.3, -0.25) is 19.5 Å². The number of benzene rings is 2. The first kappa shape index (κ1) is 32.8. The molecular formula is C30H36F3N5O5S. The lowest BCUT2D eigenvalue weighted by atomic mass is 10.1. The molecule has 10 nitrogen and oxygen atoms in total. The number of nitrogen functional groups attached to an aromatic ring is 1. The number of nitrogens with two attached hydrogens (primary N) is 1. The molecule has 2 aromatic carbocycles. The predicted octanol–water partition coefficient (Wildman–Crippen LogP) is 4.74. The summed E-state index contributed by atoms with van der Waals surface area (Å²) in [4.78, 5) is 18.2. The second kappa shape index (κ2) is 14.1. The van der Waals surface area contributed by atoms with Crippen molar-refractivity contribution in [1.82, 2.24) is 4.90 Å². The number of halogens is 3. The van der Waals surface area contributed by atoms with Crippen LogP contribution in [-0.2, 0) is 21.0 Å². The molecule has 0 atom stereocenters. The van der Waals surface area contributed by atoms with Crippen LogP contribution >= 0.6 is 0 Å². The highest BCUT2D eigenvalue weighted by atomic mass is 32.2. The molecule has 0 unspecified atom stereocenters. The molecule has 4 rings (SSSR count). The van der Waals surface area contributed by atoms with E-state index in [1.54, 1.807) is 24.3 Å². The second-order valence-corrected chi connectivity index (χ2v) is 12.6. The summed E-state index contributed by atoms with van der Waals surface area (Å²) in [6.45, 7) is 1.58. The molecule has 0 saturated carbocycles. The maximum absolute atomic E-state index is 14.3. The maximum atomic E-state index is 14.3. The molecule has 0 aliphatic carbocycles. The van der Waals surface area contributed by atoms with Crippen molar-refractivity contribution in [1.29, 1.82) is 5.41 Å². The highest BCUT2D eigenvalue weighted by Crippen LogP contribution is 2.40. The Bertz CT molecular complexity index is 1520.